The van der Waals surface area contributed by atoms with Gasteiger partial charge >= 0.3 is 6.18 Å². The highest BCUT2D eigenvalue weighted by Crippen LogP contribution is 2.33. The van der Waals surface area contributed by atoms with Gasteiger partial charge < -0.3 is 0 Å². The zero-order valence-corrected chi connectivity index (χ0v) is 11.3. The molecule has 0 aliphatic rings. The number of halogens is 4. The fourth-order valence-corrected chi connectivity index (χ4v) is 2.25. The summed E-state index contributed by atoms with van der Waals surface area (Å²) in [7, 11) is 0. The van der Waals surface area contributed by atoms with Gasteiger partial charge in [0.05, 0.1) is 16.8 Å². The molecule has 6 heteroatoms. The average molecular weight is 309 g/mol. The van der Waals surface area contributed by atoms with Crippen molar-refractivity contribution in [1.29, 1.82) is 0 Å². The first kappa shape index (κ1) is 13.8. The minimum absolute atomic E-state index is 0.181. The largest absolute Gasteiger partial charge is 0.416 e. The molecule has 3 aromatic rings. The third kappa shape index (κ3) is 2.83. The highest BCUT2D eigenvalue weighted by Gasteiger charge is 2.31. The predicted octanol–water partition coefficient (Wildman–Crippen LogP) is 4.97. The van der Waals surface area contributed by atoms with Crippen molar-refractivity contribution >= 4 is 22.5 Å². The monoisotopic (exact) mass is 308 g/mol. The van der Waals surface area contributed by atoms with Crippen LogP contribution in [0.4, 0.5) is 13.2 Å². The van der Waals surface area contributed by atoms with Crippen LogP contribution in [0.1, 0.15) is 5.56 Å². The SMILES string of the molecule is FC(F)(F)c1cc(Cl)nc(-c2ccc3ncccc3c2)c1. The van der Waals surface area contributed by atoms with Crippen molar-refractivity contribution in [3.05, 3.63) is 59.4 Å². The highest BCUT2D eigenvalue weighted by atomic mass is 35.5. The van der Waals surface area contributed by atoms with E-state index in [2.05, 4.69) is 9.97 Å². The maximum Gasteiger partial charge on any atom is 0.416 e. The number of hydrogen-bond acceptors (Lipinski definition) is 2. The van der Waals surface area contributed by atoms with Crippen LogP contribution < -0.4 is 0 Å². The van der Waals surface area contributed by atoms with Gasteiger partial charge in [-0.1, -0.05) is 23.7 Å². The second-order valence-electron chi connectivity index (χ2n) is 4.47. The van der Waals surface area contributed by atoms with Crippen molar-refractivity contribution in [2.45, 2.75) is 6.18 Å². The molecule has 0 atom stereocenters. The number of fused-ring (bicyclic) bond motifs is 1. The average Bonchev–Trinajstić information content (AvgIpc) is 2.45. The Bertz CT molecular complexity index is 815. The van der Waals surface area contributed by atoms with E-state index in [-0.39, 0.29) is 10.8 Å². The molecule has 0 saturated carbocycles. The van der Waals surface area contributed by atoms with Crippen molar-refractivity contribution in [3.8, 4) is 11.3 Å². The lowest BCUT2D eigenvalue weighted by molar-refractivity contribution is -0.137. The minimum Gasteiger partial charge on any atom is -0.256 e. The molecule has 0 unspecified atom stereocenters. The Morgan fingerprint density at radius 3 is 2.57 bits per heavy atom. The van der Waals surface area contributed by atoms with E-state index < -0.39 is 11.7 Å². The summed E-state index contributed by atoms with van der Waals surface area (Å²) in [4.78, 5) is 8.13. The maximum atomic E-state index is 12.8. The van der Waals surface area contributed by atoms with Crippen molar-refractivity contribution < 1.29 is 13.2 Å². The molecule has 0 bridgehead atoms. The normalized spacial score (nSPS) is 11.8. The van der Waals surface area contributed by atoms with E-state index >= 15 is 0 Å². The van der Waals surface area contributed by atoms with Gasteiger partial charge in [-0.25, -0.2) is 4.98 Å². The van der Waals surface area contributed by atoms with Gasteiger partial charge in [0, 0.05) is 17.1 Å². The lowest BCUT2D eigenvalue weighted by Crippen LogP contribution is -2.05. The van der Waals surface area contributed by atoms with E-state index in [4.69, 9.17) is 11.6 Å². The molecule has 0 aliphatic carbocycles. The number of hydrogen-bond donors (Lipinski definition) is 0. The Labute approximate surface area is 123 Å². The van der Waals surface area contributed by atoms with E-state index in [1.54, 1.807) is 30.5 Å². The predicted molar refractivity (Wildman–Crippen MR) is 75.0 cm³/mol. The summed E-state index contributed by atoms with van der Waals surface area (Å²) in [6, 6.07) is 10.5. The maximum absolute atomic E-state index is 12.8. The standard InChI is InChI=1S/C15H8ClF3N2/c16-14-8-11(15(17,18)19)7-13(21-14)10-3-4-12-9(6-10)2-1-5-20-12/h1-8H. The van der Waals surface area contributed by atoms with Crippen LogP contribution in [0.25, 0.3) is 22.2 Å². The van der Waals surface area contributed by atoms with E-state index in [1.165, 1.54) is 0 Å². The van der Waals surface area contributed by atoms with Crippen LogP contribution >= 0.6 is 11.6 Å². The van der Waals surface area contributed by atoms with Crippen LogP contribution in [0.5, 0.6) is 0 Å². The van der Waals surface area contributed by atoms with Crippen molar-refractivity contribution in [1.82, 2.24) is 9.97 Å². The van der Waals surface area contributed by atoms with Gasteiger partial charge in [0.15, 0.2) is 0 Å². The molecule has 0 radical (unpaired) electrons. The van der Waals surface area contributed by atoms with Crippen molar-refractivity contribution in [2.75, 3.05) is 0 Å². The zero-order valence-electron chi connectivity index (χ0n) is 10.5. The lowest BCUT2D eigenvalue weighted by atomic mass is 10.1. The molecule has 2 heterocycles. The second kappa shape index (κ2) is 5.00. The molecule has 106 valence electrons. The van der Waals surface area contributed by atoms with Crippen LogP contribution in [-0.4, -0.2) is 9.97 Å². The topological polar surface area (TPSA) is 25.8 Å². The molecule has 0 fully saturated rings. The highest BCUT2D eigenvalue weighted by molar-refractivity contribution is 6.29. The third-order valence-electron chi connectivity index (χ3n) is 3.02. The molecule has 0 N–H and O–H groups in total. The van der Waals surface area contributed by atoms with Gasteiger partial charge in [0.2, 0.25) is 0 Å². The zero-order chi connectivity index (χ0) is 15.0. The molecule has 2 aromatic heterocycles. The quantitative estimate of drug-likeness (QED) is 0.593. The molecule has 0 amide bonds. The minimum atomic E-state index is -4.46. The molecule has 2 nitrogen and oxygen atoms in total. The molecular weight excluding hydrogens is 301 g/mol. The van der Waals surface area contributed by atoms with Crippen LogP contribution in [0.3, 0.4) is 0 Å². The summed E-state index contributed by atoms with van der Waals surface area (Å²) < 4.78 is 38.5. The Morgan fingerprint density at radius 2 is 1.81 bits per heavy atom. The molecule has 21 heavy (non-hydrogen) atoms. The van der Waals surface area contributed by atoms with E-state index in [9.17, 15) is 13.2 Å². The van der Waals surface area contributed by atoms with Crippen LogP contribution in [-0.2, 0) is 6.18 Å². The summed E-state index contributed by atoms with van der Waals surface area (Å²) in [5.74, 6) is 0. The first-order chi connectivity index (χ1) is 9.93. The summed E-state index contributed by atoms with van der Waals surface area (Å²) >= 11 is 5.70. The molecule has 0 spiro atoms. The molecule has 0 aliphatic heterocycles. The first-order valence-electron chi connectivity index (χ1n) is 6.03. The first-order valence-corrected chi connectivity index (χ1v) is 6.41. The number of benzene rings is 1. The number of pyridine rings is 2. The molecule has 0 saturated heterocycles. The van der Waals surface area contributed by atoms with E-state index in [0.717, 1.165) is 23.0 Å². The van der Waals surface area contributed by atoms with Gasteiger partial charge in [-0.05, 0) is 30.3 Å². The van der Waals surface area contributed by atoms with E-state index in [1.807, 2.05) is 6.07 Å². The number of alkyl halides is 3. The van der Waals surface area contributed by atoms with Gasteiger partial charge in [-0.2, -0.15) is 13.2 Å². The molecule has 1 aromatic carbocycles. The van der Waals surface area contributed by atoms with Crippen LogP contribution in [0.15, 0.2) is 48.7 Å². The van der Waals surface area contributed by atoms with Gasteiger partial charge in [-0.15, -0.1) is 0 Å². The summed E-state index contributed by atoms with van der Waals surface area (Å²) in [6.45, 7) is 0. The van der Waals surface area contributed by atoms with Gasteiger partial charge in [0.25, 0.3) is 0 Å². The fraction of sp³-hybridized carbons (Fsp3) is 0.0667. The number of nitrogens with zero attached hydrogens (tertiary/aromatic N) is 2. The Morgan fingerprint density at radius 1 is 1.00 bits per heavy atom. The second-order valence-corrected chi connectivity index (χ2v) is 4.86. The summed E-state index contributed by atoms with van der Waals surface area (Å²) in [5.41, 5.74) is 0.687. The number of aromatic nitrogens is 2. The number of rotatable bonds is 1. The Hall–Kier alpha value is -2.14. The summed E-state index contributed by atoms with van der Waals surface area (Å²) in [5, 5.41) is 0.636. The third-order valence-corrected chi connectivity index (χ3v) is 3.21. The summed E-state index contributed by atoms with van der Waals surface area (Å²) in [6.07, 6.45) is -2.80. The molecule has 3 rings (SSSR count). The smallest absolute Gasteiger partial charge is 0.256 e. The Balaban J connectivity index is 2.16. The lowest BCUT2D eigenvalue weighted by Gasteiger charge is -2.09. The Kier molecular flexibility index (Phi) is 3.29. The van der Waals surface area contributed by atoms with Crippen LogP contribution in [0, 0.1) is 0 Å². The van der Waals surface area contributed by atoms with Crippen molar-refractivity contribution in [3.63, 3.8) is 0 Å². The van der Waals surface area contributed by atoms with Crippen molar-refractivity contribution in [2.24, 2.45) is 0 Å². The van der Waals surface area contributed by atoms with Crippen LogP contribution in [0.2, 0.25) is 5.15 Å². The van der Waals surface area contributed by atoms with Gasteiger partial charge in [-0.3, -0.25) is 4.98 Å². The van der Waals surface area contributed by atoms with E-state index in [0.29, 0.717) is 5.56 Å². The van der Waals surface area contributed by atoms with Gasteiger partial charge in [0.1, 0.15) is 5.15 Å². The fourth-order valence-electron chi connectivity index (χ4n) is 2.04. The molecular formula is C15H8ClF3N2.